The van der Waals surface area contributed by atoms with Crippen molar-refractivity contribution in [3.8, 4) is 16.5 Å². The maximum absolute atomic E-state index is 11.3. The lowest BCUT2D eigenvalue weighted by atomic mass is 10.0. The third-order valence-electron chi connectivity index (χ3n) is 7.57. The summed E-state index contributed by atoms with van der Waals surface area (Å²) < 4.78 is 0. The number of nitriles is 1. The fourth-order valence-electron chi connectivity index (χ4n) is 5.28. The fourth-order valence-corrected chi connectivity index (χ4v) is 6.24. The van der Waals surface area contributed by atoms with Gasteiger partial charge in [0, 0.05) is 26.8 Å². The molecule has 5 heteroatoms. The molecule has 0 aliphatic rings. The smallest absolute Gasteiger partial charge is 0.346 e. The molecule has 0 spiro atoms. The minimum atomic E-state index is -1.22. The van der Waals surface area contributed by atoms with Crippen LogP contribution in [0.4, 0.5) is 17.1 Å². The van der Waals surface area contributed by atoms with Crippen molar-refractivity contribution in [3.63, 3.8) is 0 Å². The molecular weight excluding hydrogens is 573 g/mol. The molecule has 1 heterocycles. The van der Waals surface area contributed by atoms with Crippen molar-refractivity contribution >= 4 is 40.4 Å². The SMILES string of the molecule is N#CC(=Cc1ccc(-c2ccc(N(c3ccc(Cc4ccccc4)cc3)c3ccc(Cc4ccccc4)cc3)cc2)s1)C(=O)O. The summed E-state index contributed by atoms with van der Waals surface area (Å²) in [6, 6.07) is 52.4. The second kappa shape index (κ2) is 13.7. The standard InChI is InChI=1S/C40H30N2O2S/c41-28-34(40(43)44)27-38-23-24-39(45-38)33-15-21-37(22-16-33)42(35-17-11-31(12-18-35)25-29-7-3-1-4-8-29)36-19-13-32(14-20-36)26-30-9-5-2-6-10-30/h1-24,27H,25-26H2,(H,43,44). The number of carboxylic acid groups (broad SMARTS) is 1. The van der Waals surface area contributed by atoms with Crippen molar-refractivity contribution in [2.45, 2.75) is 12.8 Å². The average Bonchev–Trinajstić information content (AvgIpc) is 3.55. The Labute approximate surface area is 267 Å². The van der Waals surface area contributed by atoms with Gasteiger partial charge in [-0.3, -0.25) is 0 Å². The highest BCUT2D eigenvalue weighted by molar-refractivity contribution is 7.16. The number of thiophene rings is 1. The molecule has 0 amide bonds. The molecule has 0 aliphatic carbocycles. The molecule has 6 rings (SSSR count). The first-order valence-electron chi connectivity index (χ1n) is 14.7. The zero-order chi connectivity index (χ0) is 31.0. The number of anilines is 3. The molecule has 1 aromatic heterocycles. The van der Waals surface area contributed by atoms with Gasteiger partial charge in [0.15, 0.2) is 0 Å². The molecule has 0 unspecified atom stereocenters. The highest BCUT2D eigenvalue weighted by Crippen LogP contribution is 2.37. The van der Waals surface area contributed by atoms with Crippen LogP contribution >= 0.6 is 11.3 Å². The van der Waals surface area contributed by atoms with Crippen LogP contribution in [0.2, 0.25) is 0 Å². The van der Waals surface area contributed by atoms with Gasteiger partial charge in [-0.05, 0) is 95.3 Å². The molecular formula is C40H30N2O2S. The van der Waals surface area contributed by atoms with E-state index in [1.54, 1.807) is 6.07 Å². The number of carboxylic acids is 1. The molecule has 6 aromatic rings. The fraction of sp³-hybridized carbons (Fsp3) is 0.0500. The molecule has 0 atom stereocenters. The Bertz CT molecular complexity index is 1870. The van der Waals surface area contributed by atoms with Crippen LogP contribution < -0.4 is 4.90 Å². The van der Waals surface area contributed by atoms with Gasteiger partial charge in [-0.2, -0.15) is 5.26 Å². The normalized spacial score (nSPS) is 11.1. The first-order valence-corrected chi connectivity index (χ1v) is 15.5. The van der Waals surface area contributed by atoms with E-state index in [4.69, 9.17) is 5.26 Å². The van der Waals surface area contributed by atoms with E-state index in [0.29, 0.717) is 0 Å². The summed E-state index contributed by atoms with van der Waals surface area (Å²) in [5.74, 6) is -1.22. The zero-order valence-electron chi connectivity index (χ0n) is 24.5. The van der Waals surface area contributed by atoms with Crippen molar-refractivity contribution < 1.29 is 9.90 Å². The largest absolute Gasteiger partial charge is 0.477 e. The van der Waals surface area contributed by atoms with E-state index >= 15 is 0 Å². The molecule has 0 fully saturated rings. The Hall–Kier alpha value is -5.70. The molecule has 4 nitrogen and oxygen atoms in total. The molecule has 0 radical (unpaired) electrons. The van der Waals surface area contributed by atoms with Crippen LogP contribution in [0.15, 0.2) is 151 Å². The number of benzene rings is 5. The van der Waals surface area contributed by atoms with Gasteiger partial charge in [0.2, 0.25) is 0 Å². The summed E-state index contributed by atoms with van der Waals surface area (Å²) in [4.78, 5) is 15.2. The second-order valence-corrected chi connectivity index (χ2v) is 11.8. The Balaban J connectivity index is 1.30. The lowest BCUT2D eigenvalue weighted by Crippen LogP contribution is -2.10. The van der Waals surface area contributed by atoms with E-state index in [1.165, 1.54) is 39.7 Å². The number of nitrogens with zero attached hydrogens (tertiary/aromatic N) is 2. The summed E-state index contributed by atoms with van der Waals surface area (Å²) in [6.45, 7) is 0. The topological polar surface area (TPSA) is 64.3 Å². The zero-order valence-corrected chi connectivity index (χ0v) is 25.3. The monoisotopic (exact) mass is 602 g/mol. The van der Waals surface area contributed by atoms with Crippen molar-refractivity contribution in [3.05, 3.63) is 178 Å². The van der Waals surface area contributed by atoms with Gasteiger partial charge in [0.1, 0.15) is 11.6 Å². The van der Waals surface area contributed by atoms with Gasteiger partial charge in [0.05, 0.1) is 0 Å². The maximum atomic E-state index is 11.3. The molecule has 45 heavy (non-hydrogen) atoms. The van der Waals surface area contributed by atoms with E-state index in [1.807, 2.05) is 24.3 Å². The van der Waals surface area contributed by atoms with Crippen molar-refractivity contribution in [2.24, 2.45) is 0 Å². The van der Waals surface area contributed by atoms with E-state index in [-0.39, 0.29) is 5.57 Å². The van der Waals surface area contributed by atoms with Crippen molar-refractivity contribution in [1.82, 2.24) is 0 Å². The first-order chi connectivity index (χ1) is 22.1. The van der Waals surface area contributed by atoms with Crippen LogP contribution in [0.5, 0.6) is 0 Å². The van der Waals surface area contributed by atoms with Gasteiger partial charge in [0.25, 0.3) is 0 Å². The summed E-state index contributed by atoms with van der Waals surface area (Å²) >= 11 is 1.45. The summed E-state index contributed by atoms with van der Waals surface area (Å²) in [5.41, 5.74) is 8.98. The number of hydrogen-bond acceptors (Lipinski definition) is 4. The van der Waals surface area contributed by atoms with Crippen molar-refractivity contribution in [1.29, 1.82) is 5.26 Å². The first kappa shape index (κ1) is 29.4. The third kappa shape index (κ3) is 7.27. The summed E-state index contributed by atoms with van der Waals surface area (Å²) in [7, 11) is 0. The highest BCUT2D eigenvalue weighted by Gasteiger charge is 2.14. The van der Waals surface area contributed by atoms with Crippen LogP contribution in [0.25, 0.3) is 16.5 Å². The molecule has 0 saturated heterocycles. The van der Waals surface area contributed by atoms with Crippen LogP contribution in [0.1, 0.15) is 27.1 Å². The Morgan fingerprint density at radius 2 is 1.07 bits per heavy atom. The van der Waals surface area contributed by atoms with Gasteiger partial charge in [-0.1, -0.05) is 97.1 Å². The third-order valence-corrected chi connectivity index (χ3v) is 8.65. The van der Waals surface area contributed by atoms with Crippen molar-refractivity contribution in [2.75, 3.05) is 4.90 Å². The Morgan fingerprint density at radius 1 is 0.622 bits per heavy atom. The predicted molar refractivity (Wildman–Crippen MR) is 184 cm³/mol. The second-order valence-electron chi connectivity index (χ2n) is 10.7. The number of hydrogen-bond donors (Lipinski definition) is 1. The van der Waals surface area contributed by atoms with E-state index < -0.39 is 5.97 Å². The number of carbonyl (C=O) groups is 1. The number of rotatable bonds is 10. The maximum Gasteiger partial charge on any atom is 0.346 e. The quantitative estimate of drug-likeness (QED) is 0.125. The lowest BCUT2D eigenvalue weighted by Gasteiger charge is -2.26. The van der Waals surface area contributed by atoms with Crippen LogP contribution in [0.3, 0.4) is 0 Å². The van der Waals surface area contributed by atoms with Gasteiger partial charge in [-0.25, -0.2) is 4.79 Å². The number of aliphatic carboxylic acids is 1. The van der Waals surface area contributed by atoms with E-state index in [2.05, 4.69) is 126 Å². The van der Waals surface area contributed by atoms with Gasteiger partial charge in [-0.15, -0.1) is 11.3 Å². The molecule has 0 aliphatic heterocycles. The molecule has 0 bridgehead atoms. The highest BCUT2D eigenvalue weighted by atomic mass is 32.1. The van der Waals surface area contributed by atoms with Gasteiger partial charge >= 0.3 is 5.97 Å². The lowest BCUT2D eigenvalue weighted by molar-refractivity contribution is -0.132. The summed E-state index contributed by atoms with van der Waals surface area (Å²) in [5, 5.41) is 18.3. The summed E-state index contributed by atoms with van der Waals surface area (Å²) in [6.07, 6.45) is 3.17. The van der Waals surface area contributed by atoms with E-state index in [9.17, 15) is 9.90 Å². The van der Waals surface area contributed by atoms with Crippen LogP contribution in [0, 0.1) is 11.3 Å². The Kier molecular flexibility index (Phi) is 8.96. The molecule has 0 saturated carbocycles. The average molecular weight is 603 g/mol. The minimum Gasteiger partial charge on any atom is -0.477 e. The molecule has 5 aromatic carbocycles. The minimum absolute atomic E-state index is 0.279. The molecule has 1 N–H and O–H groups in total. The van der Waals surface area contributed by atoms with Crippen LogP contribution in [-0.2, 0) is 17.6 Å². The van der Waals surface area contributed by atoms with E-state index in [0.717, 1.165) is 45.2 Å². The Morgan fingerprint density at radius 3 is 1.51 bits per heavy atom. The predicted octanol–water partition coefficient (Wildman–Crippen LogP) is 10.1. The van der Waals surface area contributed by atoms with Gasteiger partial charge < -0.3 is 10.0 Å². The van der Waals surface area contributed by atoms with Crippen LogP contribution in [-0.4, -0.2) is 11.1 Å². The molecule has 218 valence electrons.